The summed E-state index contributed by atoms with van der Waals surface area (Å²) < 4.78 is 10.1. The van der Waals surface area contributed by atoms with Crippen LogP contribution in [-0.4, -0.2) is 52.7 Å². The second kappa shape index (κ2) is 6.65. The summed E-state index contributed by atoms with van der Waals surface area (Å²) in [5.74, 6) is 0.166. The molecule has 1 atom stereocenters. The number of carboxylic acid groups (broad SMARTS) is 1. The third-order valence-corrected chi connectivity index (χ3v) is 3.95. The number of oxazole rings is 1. The van der Waals surface area contributed by atoms with E-state index in [0.717, 1.165) is 5.75 Å². The molecule has 1 aliphatic rings. The Bertz CT molecular complexity index is 490. The van der Waals surface area contributed by atoms with E-state index in [9.17, 15) is 9.59 Å². The molecular formula is C12H16N2O5S. The number of carbonyl (C=O) groups excluding carboxylic acids is 1. The third-order valence-electron chi connectivity index (χ3n) is 2.86. The lowest BCUT2D eigenvalue weighted by Crippen LogP contribution is -2.44. The summed E-state index contributed by atoms with van der Waals surface area (Å²) in [6.45, 7) is 2.62. The van der Waals surface area contributed by atoms with Gasteiger partial charge in [-0.25, -0.2) is 4.79 Å². The van der Waals surface area contributed by atoms with Crippen molar-refractivity contribution in [1.29, 1.82) is 0 Å². The molecule has 1 unspecified atom stereocenters. The van der Waals surface area contributed by atoms with Crippen molar-refractivity contribution in [2.24, 2.45) is 0 Å². The van der Waals surface area contributed by atoms with Crippen LogP contribution >= 0.6 is 11.8 Å². The Balaban J connectivity index is 2.12. The molecule has 0 radical (unpaired) electrons. The van der Waals surface area contributed by atoms with E-state index in [1.54, 1.807) is 23.6 Å². The van der Waals surface area contributed by atoms with Crippen molar-refractivity contribution < 1.29 is 23.8 Å². The minimum atomic E-state index is -0.861. The van der Waals surface area contributed by atoms with Crippen LogP contribution in [-0.2, 0) is 9.53 Å². The lowest BCUT2D eigenvalue weighted by atomic mass is 10.2. The van der Waals surface area contributed by atoms with E-state index in [-0.39, 0.29) is 30.8 Å². The van der Waals surface area contributed by atoms with Crippen LogP contribution < -0.4 is 4.90 Å². The number of hydrogen-bond acceptors (Lipinski definition) is 7. The number of thioether (sulfide) groups is 1. The maximum atomic E-state index is 11.5. The molecule has 2 rings (SSSR count). The fraction of sp³-hybridized carbons (Fsp3) is 0.583. The minimum Gasteiger partial charge on any atom is -0.481 e. The van der Waals surface area contributed by atoms with Crippen LogP contribution in [0.15, 0.2) is 10.7 Å². The SMILES string of the molecule is CCOC(=O)c1coc(N2CCSCC2CC(=O)O)n1. The molecule has 1 aromatic heterocycles. The number of carbonyl (C=O) groups is 2. The van der Waals surface area contributed by atoms with Crippen LogP contribution in [0.1, 0.15) is 23.8 Å². The number of aliphatic carboxylic acids is 1. The zero-order valence-electron chi connectivity index (χ0n) is 11.1. The highest BCUT2D eigenvalue weighted by Gasteiger charge is 2.29. The second-order valence-electron chi connectivity index (χ2n) is 4.26. The average molecular weight is 300 g/mol. The Morgan fingerprint density at radius 2 is 2.45 bits per heavy atom. The number of carboxylic acids is 1. The number of ether oxygens (including phenoxy) is 1. The van der Waals surface area contributed by atoms with Gasteiger partial charge in [0.25, 0.3) is 6.01 Å². The normalized spacial score (nSPS) is 18.9. The highest BCUT2D eigenvalue weighted by atomic mass is 32.2. The van der Waals surface area contributed by atoms with Crippen molar-refractivity contribution in [1.82, 2.24) is 4.98 Å². The van der Waals surface area contributed by atoms with Crippen LogP contribution in [0.3, 0.4) is 0 Å². The molecule has 1 aromatic rings. The van der Waals surface area contributed by atoms with Gasteiger partial charge in [-0.15, -0.1) is 0 Å². The lowest BCUT2D eigenvalue weighted by Gasteiger charge is -2.33. The zero-order chi connectivity index (χ0) is 14.5. The average Bonchev–Trinajstić information content (AvgIpc) is 2.88. The van der Waals surface area contributed by atoms with E-state index in [4.69, 9.17) is 14.3 Å². The van der Waals surface area contributed by atoms with Crippen LogP contribution in [0.5, 0.6) is 0 Å². The van der Waals surface area contributed by atoms with Gasteiger partial charge >= 0.3 is 11.9 Å². The smallest absolute Gasteiger partial charge is 0.360 e. The van der Waals surface area contributed by atoms with E-state index < -0.39 is 11.9 Å². The standard InChI is InChI=1S/C12H16N2O5S/c1-2-18-11(17)9-6-19-12(13-9)14-3-4-20-7-8(14)5-10(15)16/h6,8H,2-5,7H2,1H3,(H,15,16). The first-order valence-corrected chi connectivity index (χ1v) is 7.46. The van der Waals surface area contributed by atoms with Crippen molar-refractivity contribution in [2.75, 3.05) is 29.6 Å². The second-order valence-corrected chi connectivity index (χ2v) is 5.41. The van der Waals surface area contributed by atoms with Crippen molar-refractivity contribution in [3.05, 3.63) is 12.0 Å². The topological polar surface area (TPSA) is 92.9 Å². The Hall–Kier alpha value is -1.70. The maximum Gasteiger partial charge on any atom is 0.360 e. The monoisotopic (exact) mass is 300 g/mol. The molecule has 0 spiro atoms. The van der Waals surface area contributed by atoms with Gasteiger partial charge in [0.2, 0.25) is 0 Å². The molecule has 20 heavy (non-hydrogen) atoms. The number of aromatic nitrogens is 1. The van der Waals surface area contributed by atoms with E-state index in [2.05, 4.69) is 4.98 Å². The number of esters is 1. The van der Waals surface area contributed by atoms with Gasteiger partial charge in [0.15, 0.2) is 5.69 Å². The Kier molecular flexibility index (Phi) is 4.89. The van der Waals surface area contributed by atoms with Crippen molar-refractivity contribution >= 4 is 29.7 Å². The minimum absolute atomic E-state index is 0.0180. The quantitative estimate of drug-likeness (QED) is 0.812. The number of hydrogen-bond donors (Lipinski definition) is 1. The number of anilines is 1. The van der Waals surface area contributed by atoms with Crippen LogP contribution in [0, 0.1) is 0 Å². The Labute approximate surface area is 120 Å². The van der Waals surface area contributed by atoms with Crippen LogP contribution in [0.4, 0.5) is 6.01 Å². The summed E-state index contributed by atoms with van der Waals surface area (Å²) in [6.07, 6.45) is 1.26. The molecule has 0 saturated carbocycles. The first kappa shape index (κ1) is 14.7. The summed E-state index contributed by atoms with van der Waals surface area (Å²) >= 11 is 1.70. The molecule has 1 saturated heterocycles. The van der Waals surface area contributed by atoms with Gasteiger partial charge in [-0.3, -0.25) is 4.79 Å². The first-order chi connectivity index (χ1) is 9.61. The molecule has 1 N–H and O–H groups in total. The molecule has 110 valence electrons. The predicted molar refractivity (Wildman–Crippen MR) is 73.2 cm³/mol. The third kappa shape index (κ3) is 3.44. The molecule has 7 nitrogen and oxygen atoms in total. The summed E-state index contributed by atoms with van der Waals surface area (Å²) in [5, 5.41) is 8.93. The number of rotatable bonds is 5. The van der Waals surface area contributed by atoms with Crippen LogP contribution in [0.2, 0.25) is 0 Å². The van der Waals surface area contributed by atoms with E-state index >= 15 is 0 Å². The largest absolute Gasteiger partial charge is 0.481 e. The van der Waals surface area contributed by atoms with Gasteiger partial charge in [-0.05, 0) is 6.92 Å². The lowest BCUT2D eigenvalue weighted by molar-refractivity contribution is -0.137. The molecule has 0 aliphatic carbocycles. The highest BCUT2D eigenvalue weighted by Crippen LogP contribution is 2.25. The van der Waals surface area contributed by atoms with Crippen molar-refractivity contribution in [3.8, 4) is 0 Å². The fourth-order valence-corrected chi connectivity index (χ4v) is 3.03. The van der Waals surface area contributed by atoms with Crippen molar-refractivity contribution in [2.45, 2.75) is 19.4 Å². The molecule has 0 aromatic carbocycles. The summed E-state index contributed by atoms with van der Waals surface area (Å²) in [4.78, 5) is 28.3. The van der Waals surface area contributed by atoms with E-state index in [1.165, 1.54) is 6.26 Å². The molecule has 2 heterocycles. The van der Waals surface area contributed by atoms with Gasteiger partial charge < -0.3 is 19.2 Å². The van der Waals surface area contributed by atoms with Crippen LogP contribution in [0.25, 0.3) is 0 Å². The predicted octanol–water partition coefficient (Wildman–Crippen LogP) is 1.25. The zero-order valence-corrected chi connectivity index (χ0v) is 11.9. The van der Waals surface area contributed by atoms with Gasteiger partial charge in [-0.1, -0.05) is 0 Å². The summed E-state index contributed by atoms with van der Waals surface area (Å²) in [7, 11) is 0. The first-order valence-electron chi connectivity index (χ1n) is 6.30. The fourth-order valence-electron chi connectivity index (χ4n) is 1.97. The van der Waals surface area contributed by atoms with E-state index in [0.29, 0.717) is 12.3 Å². The number of nitrogens with zero attached hydrogens (tertiary/aromatic N) is 2. The Morgan fingerprint density at radius 3 is 3.15 bits per heavy atom. The van der Waals surface area contributed by atoms with E-state index in [1.807, 2.05) is 0 Å². The van der Waals surface area contributed by atoms with Gasteiger partial charge in [0.1, 0.15) is 6.26 Å². The molecule has 1 aliphatic heterocycles. The van der Waals surface area contributed by atoms with Gasteiger partial charge in [0, 0.05) is 18.1 Å². The van der Waals surface area contributed by atoms with Gasteiger partial charge in [-0.2, -0.15) is 16.7 Å². The molecule has 0 bridgehead atoms. The molecular weight excluding hydrogens is 284 g/mol. The highest BCUT2D eigenvalue weighted by molar-refractivity contribution is 7.99. The maximum absolute atomic E-state index is 11.5. The Morgan fingerprint density at radius 1 is 1.65 bits per heavy atom. The molecule has 0 amide bonds. The summed E-state index contributed by atoms with van der Waals surface area (Å²) in [5.41, 5.74) is 0.106. The van der Waals surface area contributed by atoms with Crippen molar-refractivity contribution in [3.63, 3.8) is 0 Å². The summed E-state index contributed by atoms with van der Waals surface area (Å²) in [6, 6.07) is 0.0968. The van der Waals surface area contributed by atoms with Gasteiger partial charge in [0.05, 0.1) is 19.1 Å². The molecule has 1 fully saturated rings. The molecule has 8 heteroatoms.